The predicted molar refractivity (Wildman–Crippen MR) is 47.6 cm³/mol. The summed E-state index contributed by atoms with van der Waals surface area (Å²) in [6.45, 7) is 3.11. The second-order valence-electron chi connectivity index (χ2n) is 2.76. The molecule has 0 aromatic rings. The van der Waals surface area contributed by atoms with Gasteiger partial charge in [0.2, 0.25) is 0 Å². The summed E-state index contributed by atoms with van der Waals surface area (Å²) >= 11 is 0. The topological polar surface area (TPSA) is 34.1 Å². The lowest BCUT2D eigenvalue weighted by Crippen LogP contribution is -1.88. The van der Waals surface area contributed by atoms with E-state index in [1.54, 1.807) is 13.8 Å². The molecule has 0 N–H and O–H groups in total. The van der Waals surface area contributed by atoms with Crippen LogP contribution in [0.3, 0.4) is 0 Å². The highest BCUT2D eigenvalue weighted by molar-refractivity contribution is 5.76. The van der Waals surface area contributed by atoms with Crippen LogP contribution in [0.25, 0.3) is 0 Å². The molecule has 0 saturated carbocycles. The van der Waals surface area contributed by atoms with Crippen LogP contribution in [0.1, 0.15) is 39.5 Å². The fourth-order valence-electron chi connectivity index (χ4n) is 0.654. The Hall–Kier alpha value is -1.10. The maximum Gasteiger partial charge on any atom is 0.130 e. The van der Waals surface area contributed by atoms with Crippen molar-refractivity contribution in [2.75, 3.05) is 0 Å². The molecule has 0 aliphatic heterocycles. The molecule has 0 aromatic heterocycles. The number of Topliss-reactive ketones (excluding diaryl/α,β-unsaturated/α-hetero) is 2. The molecule has 0 bridgehead atoms. The number of hydrogen-bond acceptors (Lipinski definition) is 2. The fraction of sp³-hybridized carbons (Fsp3) is 0.600. The van der Waals surface area contributed by atoms with Crippen molar-refractivity contribution >= 4 is 11.6 Å². The van der Waals surface area contributed by atoms with E-state index in [1.165, 1.54) is 0 Å². The number of hydrogen-bond donors (Lipinski definition) is 0. The van der Waals surface area contributed by atoms with Crippen LogP contribution in [0.2, 0.25) is 0 Å². The Balaban J connectivity index is 3.35. The van der Waals surface area contributed by atoms with E-state index in [9.17, 15) is 9.59 Å². The van der Waals surface area contributed by atoms with E-state index in [-0.39, 0.29) is 11.6 Å². The average molecular weight is 166 g/mol. The van der Waals surface area contributed by atoms with Crippen molar-refractivity contribution in [2.24, 2.45) is 0 Å². The van der Waals surface area contributed by atoms with E-state index in [0.717, 1.165) is 0 Å². The Bertz CT molecular complexity index is 196. The predicted octanol–water partition coefficient (Wildman–Crippen LogP) is 1.73. The normalized spacial score (nSPS) is 8.50. The van der Waals surface area contributed by atoms with E-state index >= 15 is 0 Å². The van der Waals surface area contributed by atoms with Crippen molar-refractivity contribution in [3.63, 3.8) is 0 Å². The molecule has 66 valence electrons. The highest BCUT2D eigenvalue weighted by Crippen LogP contribution is 1.90. The maximum absolute atomic E-state index is 10.5. The fourth-order valence-corrected chi connectivity index (χ4v) is 0.654. The van der Waals surface area contributed by atoms with Gasteiger partial charge in [-0.25, -0.2) is 0 Å². The molecule has 2 nitrogen and oxygen atoms in total. The number of carbonyl (C=O) groups excluding carboxylic acids is 2. The number of ketones is 2. The van der Waals surface area contributed by atoms with Gasteiger partial charge in [-0.2, -0.15) is 0 Å². The van der Waals surface area contributed by atoms with Crippen molar-refractivity contribution in [1.82, 2.24) is 0 Å². The molecule has 0 fully saturated rings. The van der Waals surface area contributed by atoms with Crippen LogP contribution in [0.4, 0.5) is 0 Å². The molecule has 0 aliphatic carbocycles. The van der Waals surface area contributed by atoms with Crippen LogP contribution >= 0.6 is 0 Å². The first-order valence-corrected chi connectivity index (χ1v) is 4.07. The van der Waals surface area contributed by atoms with Crippen LogP contribution in [0.15, 0.2) is 0 Å². The second-order valence-corrected chi connectivity index (χ2v) is 2.76. The van der Waals surface area contributed by atoms with Gasteiger partial charge in [0.1, 0.15) is 11.6 Å². The molecular formula is C10H14O2. The lowest BCUT2D eigenvalue weighted by atomic mass is 10.2. The quantitative estimate of drug-likeness (QED) is 0.596. The van der Waals surface area contributed by atoms with Crippen molar-refractivity contribution in [3.8, 4) is 11.8 Å². The Morgan fingerprint density at radius 2 is 1.25 bits per heavy atom. The van der Waals surface area contributed by atoms with Crippen LogP contribution in [0, 0.1) is 11.8 Å². The molecule has 0 radical (unpaired) electrons. The molecule has 0 saturated heterocycles. The first-order valence-electron chi connectivity index (χ1n) is 4.07. The molecule has 0 atom stereocenters. The van der Waals surface area contributed by atoms with Crippen molar-refractivity contribution in [3.05, 3.63) is 0 Å². The standard InChI is InChI=1S/C10H14O2/c1-9(11)7-5-3-4-6-8-10(2)12/h5-8H2,1-2H3. The highest BCUT2D eigenvalue weighted by atomic mass is 16.1. The largest absolute Gasteiger partial charge is 0.300 e. The van der Waals surface area contributed by atoms with Gasteiger partial charge < -0.3 is 0 Å². The van der Waals surface area contributed by atoms with Gasteiger partial charge in [-0.1, -0.05) is 0 Å². The molecule has 12 heavy (non-hydrogen) atoms. The van der Waals surface area contributed by atoms with Crippen LogP contribution in [-0.4, -0.2) is 11.6 Å². The van der Waals surface area contributed by atoms with Gasteiger partial charge in [0, 0.05) is 25.7 Å². The zero-order valence-corrected chi connectivity index (χ0v) is 7.64. The third kappa shape index (κ3) is 8.90. The molecule has 0 aliphatic rings. The minimum absolute atomic E-state index is 0.163. The van der Waals surface area contributed by atoms with E-state index < -0.39 is 0 Å². The second kappa shape index (κ2) is 6.60. The molecule has 0 amide bonds. The monoisotopic (exact) mass is 166 g/mol. The summed E-state index contributed by atoms with van der Waals surface area (Å²) in [6.07, 6.45) is 2.28. The molecule has 0 aromatic carbocycles. The summed E-state index contributed by atoms with van der Waals surface area (Å²) in [6, 6.07) is 0. The van der Waals surface area contributed by atoms with E-state index in [2.05, 4.69) is 11.8 Å². The minimum atomic E-state index is 0.163. The summed E-state index contributed by atoms with van der Waals surface area (Å²) < 4.78 is 0. The number of rotatable bonds is 4. The lowest BCUT2D eigenvalue weighted by Gasteiger charge is -1.85. The van der Waals surface area contributed by atoms with E-state index in [1.807, 2.05) is 0 Å². The lowest BCUT2D eigenvalue weighted by molar-refractivity contribution is -0.117. The molecular weight excluding hydrogens is 152 g/mol. The van der Waals surface area contributed by atoms with Crippen LogP contribution < -0.4 is 0 Å². The molecule has 2 heteroatoms. The summed E-state index contributed by atoms with van der Waals surface area (Å²) in [7, 11) is 0. The van der Waals surface area contributed by atoms with Crippen molar-refractivity contribution in [2.45, 2.75) is 39.5 Å². The number of carbonyl (C=O) groups is 2. The highest BCUT2D eigenvalue weighted by Gasteiger charge is 1.89. The third-order valence-corrected chi connectivity index (χ3v) is 1.33. The first-order chi connectivity index (χ1) is 5.63. The van der Waals surface area contributed by atoms with E-state index in [4.69, 9.17) is 0 Å². The van der Waals surface area contributed by atoms with Crippen molar-refractivity contribution in [1.29, 1.82) is 0 Å². The molecule has 0 spiro atoms. The van der Waals surface area contributed by atoms with Gasteiger partial charge >= 0.3 is 0 Å². The Morgan fingerprint density at radius 3 is 1.50 bits per heavy atom. The first kappa shape index (κ1) is 10.9. The molecule has 0 unspecified atom stereocenters. The van der Waals surface area contributed by atoms with Gasteiger partial charge in [-0.05, 0) is 13.8 Å². The third-order valence-electron chi connectivity index (χ3n) is 1.33. The Kier molecular flexibility index (Phi) is 6.00. The Morgan fingerprint density at radius 1 is 0.917 bits per heavy atom. The Labute approximate surface area is 73.3 Å². The van der Waals surface area contributed by atoms with Crippen molar-refractivity contribution < 1.29 is 9.59 Å². The van der Waals surface area contributed by atoms with Gasteiger partial charge in [0.15, 0.2) is 0 Å². The van der Waals surface area contributed by atoms with Crippen LogP contribution in [0.5, 0.6) is 0 Å². The van der Waals surface area contributed by atoms with Gasteiger partial charge in [-0.3, -0.25) is 9.59 Å². The zero-order chi connectivity index (χ0) is 9.40. The smallest absolute Gasteiger partial charge is 0.130 e. The summed E-state index contributed by atoms with van der Waals surface area (Å²) in [5.74, 6) is 6.02. The maximum atomic E-state index is 10.5. The average Bonchev–Trinajstić information content (AvgIpc) is 1.95. The summed E-state index contributed by atoms with van der Waals surface area (Å²) in [5.41, 5.74) is 0. The van der Waals surface area contributed by atoms with E-state index in [0.29, 0.717) is 25.7 Å². The van der Waals surface area contributed by atoms with Gasteiger partial charge in [0.05, 0.1) is 0 Å². The zero-order valence-electron chi connectivity index (χ0n) is 7.64. The molecule has 0 heterocycles. The summed E-state index contributed by atoms with van der Waals surface area (Å²) in [5, 5.41) is 0. The molecule has 0 rings (SSSR count). The summed E-state index contributed by atoms with van der Waals surface area (Å²) in [4.78, 5) is 20.9. The van der Waals surface area contributed by atoms with Crippen LogP contribution in [-0.2, 0) is 9.59 Å². The van der Waals surface area contributed by atoms with Gasteiger partial charge in [-0.15, -0.1) is 11.8 Å². The van der Waals surface area contributed by atoms with Gasteiger partial charge in [0.25, 0.3) is 0 Å². The minimum Gasteiger partial charge on any atom is -0.300 e. The SMILES string of the molecule is CC(=O)CCC#CCCC(C)=O.